The third-order valence-electron chi connectivity index (χ3n) is 1.31. The van der Waals surface area contributed by atoms with Crippen molar-refractivity contribution in [1.29, 1.82) is 0 Å². The second-order valence-electron chi connectivity index (χ2n) is 2.09. The molecule has 0 saturated heterocycles. The summed E-state index contributed by atoms with van der Waals surface area (Å²) in [6, 6.07) is 7.15. The van der Waals surface area contributed by atoms with Gasteiger partial charge in [0, 0.05) is 5.02 Å². The van der Waals surface area contributed by atoms with Crippen molar-refractivity contribution in [2.45, 2.75) is 4.83 Å². The second-order valence-corrected chi connectivity index (χ2v) is 3.51. The highest BCUT2D eigenvalue weighted by Gasteiger charge is 2.03. The zero-order chi connectivity index (χ0) is 8.27. The van der Waals surface area contributed by atoms with E-state index in [-0.39, 0.29) is 4.83 Å². The van der Waals surface area contributed by atoms with Crippen molar-refractivity contribution in [2.24, 2.45) is 0 Å². The molecule has 1 atom stereocenters. The van der Waals surface area contributed by atoms with Crippen LogP contribution >= 0.6 is 27.5 Å². The zero-order valence-electron chi connectivity index (χ0n) is 5.63. The van der Waals surface area contributed by atoms with Crippen LogP contribution in [0.1, 0.15) is 10.4 Å². The fourth-order valence-corrected chi connectivity index (χ4v) is 1.16. The topological polar surface area (TPSA) is 17.1 Å². The van der Waals surface area contributed by atoms with E-state index in [1.54, 1.807) is 12.1 Å². The van der Waals surface area contributed by atoms with E-state index in [9.17, 15) is 4.79 Å². The normalized spacial score (nSPS) is 12.5. The molecule has 1 nitrogen and oxygen atoms in total. The number of carbonyl (C=O) groups excluding carboxylic acids is 1. The van der Waals surface area contributed by atoms with Crippen LogP contribution in [0.5, 0.6) is 0 Å². The van der Waals surface area contributed by atoms with Gasteiger partial charge in [-0.3, -0.25) is 0 Å². The number of halogens is 2. The van der Waals surface area contributed by atoms with Gasteiger partial charge in [-0.1, -0.05) is 39.7 Å². The standard InChI is InChI=1S/C8H6BrClO/c9-8(5-11)6-1-3-7(10)4-2-6/h1-5,8H. The van der Waals surface area contributed by atoms with Crippen molar-refractivity contribution in [3.8, 4) is 0 Å². The number of alkyl halides is 1. The van der Waals surface area contributed by atoms with E-state index in [0.29, 0.717) is 5.02 Å². The van der Waals surface area contributed by atoms with Crippen LogP contribution in [0, 0.1) is 0 Å². The molecule has 1 aromatic rings. The van der Waals surface area contributed by atoms with Gasteiger partial charge in [0.2, 0.25) is 0 Å². The maximum Gasteiger partial charge on any atom is 0.138 e. The number of carbonyl (C=O) groups is 1. The maximum absolute atomic E-state index is 10.3. The molecule has 1 rings (SSSR count). The Morgan fingerprint density at radius 3 is 2.36 bits per heavy atom. The van der Waals surface area contributed by atoms with E-state index in [0.717, 1.165) is 11.8 Å². The van der Waals surface area contributed by atoms with Crippen LogP contribution in [0.25, 0.3) is 0 Å². The average molecular weight is 233 g/mol. The summed E-state index contributed by atoms with van der Waals surface area (Å²) in [7, 11) is 0. The number of benzene rings is 1. The Balaban J connectivity index is 2.89. The fraction of sp³-hybridized carbons (Fsp3) is 0.125. The second kappa shape index (κ2) is 3.88. The number of rotatable bonds is 2. The lowest BCUT2D eigenvalue weighted by molar-refractivity contribution is -0.107. The highest BCUT2D eigenvalue weighted by Crippen LogP contribution is 2.21. The largest absolute Gasteiger partial charge is 0.302 e. The molecule has 0 aliphatic rings. The quantitative estimate of drug-likeness (QED) is 0.567. The Morgan fingerprint density at radius 2 is 1.91 bits per heavy atom. The van der Waals surface area contributed by atoms with Crippen LogP contribution in [-0.2, 0) is 4.79 Å². The predicted molar refractivity (Wildman–Crippen MR) is 49.2 cm³/mol. The summed E-state index contributed by atoms with van der Waals surface area (Å²) >= 11 is 8.85. The summed E-state index contributed by atoms with van der Waals surface area (Å²) < 4.78 is 0. The molecule has 0 aromatic heterocycles. The monoisotopic (exact) mass is 232 g/mol. The van der Waals surface area contributed by atoms with Crippen molar-refractivity contribution in [3.05, 3.63) is 34.9 Å². The Labute approximate surface area is 78.5 Å². The maximum atomic E-state index is 10.3. The van der Waals surface area contributed by atoms with Crippen LogP contribution in [0.15, 0.2) is 24.3 Å². The first-order valence-corrected chi connectivity index (χ1v) is 4.38. The molecule has 11 heavy (non-hydrogen) atoms. The highest BCUT2D eigenvalue weighted by molar-refractivity contribution is 9.09. The lowest BCUT2D eigenvalue weighted by Crippen LogP contribution is -1.88. The molecule has 0 heterocycles. The third kappa shape index (κ3) is 2.31. The number of hydrogen-bond acceptors (Lipinski definition) is 1. The third-order valence-corrected chi connectivity index (χ3v) is 2.30. The SMILES string of the molecule is O=CC(Br)c1ccc(Cl)cc1. The Hall–Kier alpha value is -0.340. The minimum absolute atomic E-state index is 0.222. The van der Waals surface area contributed by atoms with E-state index in [4.69, 9.17) is 11.6 Å². The van der Waals surface area contributed by atoms with E-state index in [1.165, 1.54) is 0 Å². The highest BCUT2D eigenvalue weighted by atomic mass is 79.9. The lowest BCUT2D eigenvalue weighted by atomic mass is 10.2. The molecule has 0 N–H and O–H groups in total. The van der Waals surface area contributed by atoms with Crippen molar-refractivity contribution >= 4 is 33.8 Å². The molecular formula is C8H6BrClO. The lowest BCUT2D eigenvalue weighted by Gasteiger charge is -2.00. The average Bonchev–Trinajstić information content (AvgIpc) is 2.05. The molecule has 0 amide bonds. The van der Waals surface area contributed by atoms with E-state index >= 15 is 0 Å². The summed E-state index contributed by atoms with van der Waals surface area (Å²) in [6.07, 6.45) is 0.837. The van der Waals surface area contributed by atoms with Gasteiger partial charge < -0.3 is 4.79 Å². The number of hydrogen-bond donors (Lipinski definition) is 0. The minimum Gasteiger partial charge on any atom is -0.302 e. The Kier molecular flexibility index (Phi) is 3.09. The van der Waals surface area contributed by atoms with Crippen molar-refractivity contribution < 1.29 is 4.79 Å². The molecular weight excluding hydrogens is 227 g/mol. The van der Waals surface area contributed by atoms with Gasteiger partial charge in [-0.05, 0) is 17.7 Å². The molecule has 0 bridgehead atoms. The smallest absolute Gasteiger partial charge is 0.138 e. The van der Waals surface area contributed by atoms with Gasteiger partial charge in [0.1, 0.15) is 6.29 Å². The van der Waals surface area contributed by atoms with Gasteiger partial charge in [0.15, 0.2) is 0 Å². The van der Waals surface area contributed by atoms with Gasteiger partial charge in [-0.25, -0.2) is 0 Å². The van der Waals surface area contributed by atoms with Crippen molar-refractivity contribution in [1.82, 2.24) is 0 Å². The van der Waals surface area contributed by atoms with Gasteiger partial charge in [-0.2, -0.15) is 0 Å². The van der Waals surface area contributed by atoms with E-state index < -0.39 is 0 Å². The molecule has 0 aliphatic heterocycles. The molecule has 1 unspecified atom stereocenters. The van der Waals surface area contributed by atoms with Gasteiger partial charge >= 0.3 is 0 Å². The summed E-state index contributed by atoms with van der Waals surface area (Å²) in [5.74, 6) is 0. The zero-order valence-corrected chi connectivity index (χ0v) is 7.97. The van der Waals surface area contributed by atoms with Crippen LogP contribution in [0.2, 0.25) is 5.02 Å². The predicted octanol–water partition coefficient (Wildman–Crippen LogP) is 2.97. The molecule has 0 spiro atoms. The van der Waals surface area contributed by atoms with E-state index in [2.05, 4.69) is 15.9 Å². The summed E-state index contributed by atoms with van der Waals surface area (Å²) in [5, 5.41) is 0.680. The van der Waals surface area contributed by atoms with Crippen molar-refractivity contribution in [3.63, 3.8) is 0 Å². The minimum atomic E-state index is -0.222. The molecule has 1 aromatic carbocycles. The van der Waals surface area contributed by atoms with Crippen LogP contribution in [-0.4, -0.2) is 6.29 Å². The summed E-state index contributed by atoms with van der Waals surface area (Å²) in [6.45, 7) is 0. The first kappa shape index (κ1) is 8.75. The Morgan fingerprint density at radius 1 is 1.36 bits per heavy atom. The van der Waals surface area contributed by atoms with E-state index in [1.807, 2.05) is 12.1 Å². The molecule has 0 aliphatic carbocycles. The van der Waals surface area contributed by atoms with Crippen molar-refractivity contribution in [2.75, 3.05) is 0 Å². The molecule has 0 radical (unpaired) electrons. The summed E-state index contributed by atoms with van der Waals surface area (Å²) in [5.41, 5.74) is 0.921. The van der Waals surface area contributed by atoms with Crippen LogP contribution in [0.4, 0.5) is 0 Å². The molecule has 58 valence electrons. The van der Waals surface area contributed by atoms with Crippen LogP contribution in [0.3, 0.4) is 0 Å². The molecule has 0 saturated carbocycles. The van der Waals surface area contributed by atoms with Crippen LogP contribution < -0.4 is 0 Å². The molecule has 0 fully saturated rings. The fourth-order valence-electron chi connectivity index (χ4n) is 0.725. The molecule has 3 heteroatoms. The number of aldehydes is 1. The first-order chi connectivity index (χ1) is 5.24. The van der Waals surface area contributed by atoms with Gasteiger partial charge in [0.05, 0.1) is 4.83 Å². The summed E-state index contributed by atoms with van der Waals surface area (Å²) in [4.78, 5) is 10.1. The Bertz CT molecular complexity index is 245. The van der Waals surface area contributed by atoms with Gasteiger partial charge in [0.25, 0.3) is 0 Å². The first-order valence-electron chi connectivity index (χ1n) is 3.09. The van der Waals surface area contributed by atoms with Gasteiger partial charge in [-0.15, -0.1) is 0 Å².